The number of nitrogens with zero attached hydrogens (tertiary/aromatic N) is 3. The summed E-state index contributed by atoms with van der Waals surface area (Å²) < 4.78 is 27.3. The molecule has 0 unspecified atom stereocenters. The summed E-state index contributed by atoms with van der Waals surface area (Å²) in [5.41, 5.74) is 9.21. The number of amides is 1. The van der Waals surface area contributed by atoms with Gasteiger partial charge >= 0.3 is 0 Å². The van der Waals surface area contributed by atoms with Gasteiger partial charge in [0.15, 0.2) is 17.5 Å². The van der Waals surface area contributed by atoms with Crippen LogP contribution >= 0.6 is 0 Å². The van der Waals surface area contributed by atoms with Crippen LogP contribution in [0.1, 0.15) is 22.3 Å². The predicted molar refractivity (Wildman–Crippen MR) is 117 cm³/mol. The highest BCUT2D eigenvalue weighted by atomic mass is 19.2. The quantitative estimate of drug-likeness (QED) is 0.455. The van der Waals surface area contributed by atoms with Gasteiger partial charge in [0.25, 0.3) is 0 Å². The fourth-order valence-corrected chi connectivity index (χ4v) is 2.93. The van der Waals surface area contributed by atoms with E-state index in [2.05, 4.69) is 21.5 Å². The molecule has 0 aliphatic heterocycles. The van der Waals surface area contributed by atoms with E-state index >= 15 is 0 Å². The van der Waals surface area contributed by atoms with Gasteiger partial charge in [-0.25, -0.2) is 23.7 Å². The third-order valence-corrected chi connectivity index (χ3v) is 4.53. The summed E-state index contributed by atoms with van der Waals surface area (Å²) in [7, 11) is 0. The van der Waals surface area contributed by atoms with Gasteiger partial charge in [0, 0.05) is 34.8 Å². The molecule has 2 aromatic carbocycles. The summed E-state index contributed by atoms with van der Waals surface area (Å²) in [5, 5.41) is 0. The summed E-state index contributed by atoms with van der Waals surface area (Å²) in [4.78, 5) is 23.3. The molecule has 0 atom stereocenters. The molecule has 3 aromatic rings. The normalized spacial score (nSPS) is 11.6. The lowest BCUT2D eigenvalue weighted by atomic mass is 10.0. The largest absolute Gasteiger partial charge is 0.399 e. The lowest BCUT2D eigenvalue weighted by molar-refractivity contribution is -0.106. The van der Waals surface area contributed by atoms with E-state index in [9.17, 15) is 13.6 Å². The number of aliphatic imine (C=N–C) groups is 1. The van der Waals surface area contributed by atoms with Crippen LogP contribution in [0.4, 0.5) is 8.78 Å². The van der Waals surface area contributed by atoms with Crippen molar-refractivity contribution in [3.05, 3.63) is 101 Å². The minimum Gasteiger partial charge on any atom is -0.399 e. The summed E-state index contributed by atoms with van der Waals surface area (Å²) >= 11 is 0. The number of benzene rings is 2. The van der Waals surface area contributed by atoms with E-state index < -0.39 is 11.6 Å². The zero-order chi connectivity index (χ0) is 22.4. The van der Waals surface area contributed by atoms with Crippen LogP contribution in [0.5, 0.6) is 0 Å². The van der Waals surface area contributed by atoms with E-state index in [0.717, 1.165) is 17.2 Å². The smallest absolute Gasteiger partial charge is 0.233 e. The summed E-state index contributed by atoms with van der Waals surface area (Å²) in [6.45, 7) is 5.11. The van der Waals surface area contributed by atoms with Gasteiger partial charge < -0.3 is 5.73 Å². The summed E-state index contributed by atoms with van der Waals surface area (Å²) in [6, 6.07) is 10.1. The molecule has 0 saturated heterocycles. The number of hydrogen-bond donors (Lipinski definition) is 1. The molecule has 156 valence electrons. The second-order valence-electron chi connectivity index (χ2n) is 6.84. The minimum absolute atomic E-state index is 0.138. The fraction of sp³-hybridized carbons (Fsp3) is 0.0833. The standard InChI is InChI=1S/C24H20F2N4O/c1-15-9-19(11-21(25)23(15)26)22(30-14-31)8-4-6-17-5-3-7-18(10-17)24-28-12-20(13-29-24)16(2)27/h3-5,7-14H,2,6,27H2,1H3/b8-4-,30-22?. The van der Waals surface area contributed by atoms with Crippen LogP contribution in [0.2, 0.25) is 0 Å². The van der Waals surface area contributed by atoms with Crippen molar-refractivity contribution < 1.29 is 13.6 Å². The highest BCUT2D eigenvalue weighted by Gasteiger charge is 2.10. The molecule has 3 rings (SSSR count). The van der Waals surface area contributed by atoms with E-state index in [1.165, 1.54) is 13.0 Å². The molecule has 0 bridgehead atoms. The number of nitrogens with two attached hydrogens (primary N) is 1. The van der Waals surface area contributed by atoms with Gasteiger partial charge in [0.2, 0.25) is 6.41 Å². The third kappa shape index (κ3) is 5.33. The Hall–Kier alpha value is -4.00. The van der Waals surface area contributed by atoms with Crippen molar-refractivity contribution in [3.63, 3.8) is 0 Å². The maximum Gasteiger partial charge on any atom is 0.233 e. The molecule has 0 saturated carbocycles. The molecule has 0 radical (unpaired) electrons. The van der Waals surface area contributed by atoms with Crippen LogP contribution in [0, 0.1) is 18.6 Å². The topological polar surface area (TPSA) is 81.2 Å². The molecule has 1 amide bonds. The third-order valence-electron chi connectivity index (χ3n) is 4.53. The van der Waals surface area contributed by atoms with Crippen molar-refractivity contribution in [2.45, 2.75) is 13.3 Å². The fourth-order valence-electron chi connectivity index (χ4n) is 2.93. The molecule has 5 nitrogen and oxygen atoms in total. The molecule has 0 fully saturated rings. The van der Waals surface area contributed by atoms with Crippen LogP contribution < -0.4 is 5.73 Å². The first-order valence-corrected chi connectivity index (χ1v) is 9.39. The van der Waals surface area contributed by atoms with E-state index in [1.807, 2.05) is 24.3 Å². The SMILES string of the molecule is C=C(N)c1cnc(-c2cccc(C/C=C\C(=NC=O)c3cc(C)c(F)c(F)c3)c2)nc1. The van der Waals surface area contributed by atoms with E-state index in [-0.39, 0.29) is 11.3 Å². The van der Waals surface area contributed by atoms with Crippen molar-refractivity contribution in [1.29, 1.82) is 0 Å². The van der Waals surface area contributed by atoms with E-state index in [4.69, 9.17) is 5.73 Å². The lowest BCUT2D eigenvalue weighted by Gasteiger charge is -2.05. The second-order valence-corrected chi connectivity index (χ2v) is 6.84. The van der Waals surface area contributed by atoms with Crippen molar-refractivity contribution in [2.75, 3.05) is 0 Å². The average Bonchev–Trinajstić information content (AvgIpc) is 2.77. The number of aromatic nitrogens is 2. The maximum absolute atomic E-state index is 13.7. The van der Waals surface area contributed by atoms with Crippen molar-refractivity contribution in [3.8, 4) is 11.4 Å². The average molecular weight is 418 g/mol. The van der Waals surface area contributed by atoms with Crippen molar-refractivity contribution in [2.24, 2.45) is 10.7 Å². The van der Waals surface area contributed by atoms with Crippen LogP contribution in [-0.2, 0) is 11.2 Å². The Labute approximate surface area is 178 Å². The predicted octanol–water partition coefficient (Wildman–Crippen LogP) is 4.40. The molecular weight excluding hydrogens is 398 g/mol. The van der Waals surface area contributed by atoms with Crippen LogP contribution in [-0.4, -0.2) is 22.1 Å². The molecular formula is C24H20F2N4O. The monoisotopic (exact) mass is 418 g/mol. The first kappa shape index (κ1) is 21.7. The number of carbonyl (C=O) groups excluding carboxylic acids is 1. The number of aryl methyl sites for hydroxylation is 1. The maximum atomic E-state index is 13.7. The Bertz CT molecular complexity index is 1160. The Morgan fingerprint density at radius 3 is 2.55 bits per heavy atom. The molecule has 0 spiro atoms. The number of halogens is 2. The van der Waals surface area contributed by atoms with E-state index in [0.29, 0.717) is 35.5 Å². The first-order valence-electron chi connectivity index (χ1n) is 9.39. The Balaban J connectivity index is 1.79. The number of carbonyl (C=O) groups is 1. The van der Waals surface area contributed by atoms with Gasteiger partial charge in [-0.3, -0.25) is 4.79 Å². The van der Waals surface area contributed by atoms with Crippen LogP contribution in [0.3, 0.4) is 0 Å². The first-order chi connectivity index (χ1) is 14.9. The molecule has 7 heteroatoms. The lowest BCUT2D eigenvalue weighted by Crippen LogP contribution is -2.02. The molecule has 1 heterocycles. The van der Waals surface area contributed by atoms with Gasteiger partial charge in [-0.05, 0) is 48.7 Å². The van der Waals surface area contributed by atoms with Crippen molar-refractivity contribution >= 4 is 17.8 Å². The second kappa shape index (κ2) is 9.67. The molecule has 0 aliphatic carbocycles. The highest BCUT2D eigenvalue weighted by molar-refractivity contribution is 6.11. The molecule has 31 heavy (non-hydrogen) atoms. The zero-order valence-corrected chi connectivity index (χ0v) is 16.8. The number of hydrogen-bond acceptors (Lipinski definition) is 4. The Morgan fingerprint density at radius 1 is 1.16 bits per heavy atom. The summed E-state index contributed by atoms with van der Waals surface area (Å²) in [6.07, 6.45) is 7.51. The molecule has 1 aromatic heterocycles. The van der Waals surface area contributed by atoms with Gasteiger partial charge in [0.1, 0.15) is 0 Å². The minimum atomic E-state index is -0.987. The van der Waals surface area contributed by atoms with Gasteiger partial charge in [-0.15, -0.1) is 0 Å². The Kier molecular flexibility index (Phi) is 6.77. The Morgan fingerprint density at radius 2 is 1.90 bits per heavy atom. The van der Waals surface area contributed by atoms with Gasteiger partial charge in [-0.1, -0.05) is 30.9 Å². The molecule has 2 N–H and O–H groups in total. The highest BCUT2D eigenvalue weighted by Crippen LogP contribution is 2.18. The zero-order valence-electron chi connectivity index (χ0n) is 16.8. The van der Waals surface area contributed by atoms with Gasteiger partial charge in [-0.2, -0.15) is 0 Å². The summed E-state index contributed by atoms with van der Waals surface area (Å²) in [5.74, 6) is -1.35. The number of allylic oxidation sites excluding steroid dienone is 2. The van der Waals surface area contributed by atoms with Crippen LogP contribution in [0.15, 0.2) is 72.5 Å². The number of rotatable bonds is 7. The molecule has 0 aliphatic rings. The van der Waals surface area contributed by atoms with Crippen molar-refractivity contribution in [1.82, 2.24) is 9.97 Å². The van der Waals surface area contributed by atoms with Gasteiger partial charge in [0.05, 0.1) is 5.71 Å². The van der Waals surface area contributed by atoms with E-state index in [1.54, 1.807) is 24.5 Å². The van der Waals surface area contributed by atoms with Crippen LogP contribution in [0.25, 0.3) is 17.1 Å².